The SMILES string of the molecule is COC(=O)[C@H](Cc1ccc(C#CCO)cc1)NC(=O)c1c(Cl)cccc1Cl. The van der Waals surface area contributed by atoms with E-state index in [1.54, 1.807) is 42.5 Å². The smallest absolute Gasteiger partial charge is 0.328 e. The molecule has 0 aliphatic carbocycles. The van der Waals surface area contributed by atoms with E-state index < -0.39 is 17.9 Å². The van der Waals surface area contributed by atoms with Gasteiger partial charge in [0.15, 0.2) is 0 Å². The summed E-state index contributed by atoms with van der Waals surface area (Å²) in [5.41, 5.74) is 1.63. The number of ether oxygens (including phenoxy) is 1. The van der Waals surface area contributed by atoms with Crippen LogP contribution in [0.3, 0.4) is 0 Å². The zero-order valence-corrected chi connectivity index (χ0v) is 16.0. The Bertz CT molecular complexity index is 865. The molecule has 0 fully saturated rings. The molecule has 0 aliphatic heterocycles. The Morgan fingerprint density at radius 1 is 1.15 bits per heavy atom. The molecule has 0 heterocycles. The van der Waals surface area contributed by atoms with Crippen LogP contribution in [0.4, 0.5) is 0 Å². The summed E-state index contributed by atoms with van der Waals surface area (Å²) in [5.74, 6) is 4.19. The number of hydrogen-bond acceptors (Lipinski definition) is 4. The van der Waals surface area contributed by atoms with Crippen molar-refractivity contribution in [3.63, 3.8) is 0 Å². The highest BCUT2D eigenvalue weighted by Crippen LogP contribution is 2.24. The van der Waals surface area contributed by atoms with Crippen LogP contribution in [0.1, 0.15) is 21.5 Å². The zero-order valence-electron chi connectivity index (χ0n) is 14.5. The summed E-state index contributed by atoms with van der Waals surface area (Å²) in [6.45, 7) is -0.219. The lowest BCUT2D eigenvalue weighted by Crippen LogP contribution is -2.43. The summed E-state index contributed by atoms with van der Waals surface area (Å²) < 4.78 is 4.79. The standard InChI is InChI=1S/C20H17Cl2NO4/c1-27-20(26)17(12-14-9-7-13(8-10-14)4-3-11-24)23-19(25)18-15(21)5-2-6-16(18)22/h2,5-10,17,24H,11-12H2,1H3,(H,23,25)/t17-/m0/s1. The molecule has 0 saturated carbocycles. The van der Waals surface area contributed by atoms with Crippen molar-refractivity contribution in [3.05, 3.63) is 69.2 Å². The van der Waals surface area contributed by atoms with Gasteiger partial charge in [-0.15, -0.1) is 0 Å². The monoisotopic (exact) mass is 405 g/mol. The highest BCUT2D eigenvalue weighted by Gasteiger charge is 2.24. The van der Waals surface area contributed by atoms with Crippen LogP contribution in [-0.4, -0.2) is 36.7 Å². The van der Waals surface area contributed by atoms with E-state index >= 15 is 0 Å². The van der Waals surface area contributed by atoms with Crippen LogP contribution in [0.5, 0.6) is 0 Å². The van der Waals surface area contributed by atoms with E-state index in [4.69, 9.17) is 33.0 Å². The van der Waals surface area contributed by atoms with Crippen LogP contribution < -0.4 is 5.32 Å². The lowest BCUT2D eigenvalue weighted by molar-refractivity contribution is -0.142. The Kier molecular flexibility index (Phi) is 7.68. The number of methoxy groups -OCH3 is 1. The minimum Gasteiger partial charge on any atom is -0.467 e. The normalized spacial score (nSPS) is 11.1. The average molecular weight is 406 g/mol. The van der Waals surface area contributed by atoms with Gasteiger partial charge in [0, 0.05) is 12.0 Å². The molecule has 0 bridgehead atoms. The quantitative estimate of drug-likeness (QED) is 0.592. The number of hydrogen-bond donors (Lipinski definition) is 2. The summed E-state index contributed by atoms with van der Waals surface area (Å²) >= 11 is 12.1. The van der Waals surface area contributed by atoms with Crippen LogP contribution in [0.2, 0.25) is 10.0 Å². The fourth-order valence-corrected chi connectivity index (χ4v) is 2.95. The van der Waals surface area contributed by atoms with Crippen molar-refractivity contribution in [1.29, 1.82) is 0 Å². The topological polar surface area (TPSA) is 75.6 Å². The second-order valence-corrected chi connectivity index (χ2v) is 6.32. The number of benzene rings is 2. The van der Waals surface area contributed by atoms with Crippen molar-refractivity contribution < 1.29 is 19.4 Å². The highest BCUT2D eigenvalue weighted by molar-refractivity contribution is 6.39. The molecule has 27 heavy (non-hydrogen) atoms. The molecule has 0 aromatic heterocycles. The molecule has 0 spiro atoms. The van der Waals surface area contributed by atoms with Gasteiger partial charge in [-0.1, -0.05) is 53.2 Å². The number of aliphatic hydroxyl groups excluding tert-OH is 1. The number of amides is 1. The van der Waals surface area contributed by atoms with E-state index in [0.29, 0.717) is 0 Å². The maximum absolute atomic E-state index is 12.5. The fourth-order valence-electron chi connectivity index (χ4n) is 2.38. The van der Waals surface area contributed by atoms with E-state index in [1.807, 2.05) is 0 Å². The molecule has 7 heteroatoms. The van der Waals surface area contributed by atoms with E-state index in [0.717, 1.165) is 11.1 Å². The summed E-state index contributed by atoms with van der Waals surface area (Å²) in [7, 11) is 1.25. The van der Waals surface area contributed by atoms with Crippen LogP contribution >= 0.6 is 23.2 Å². The second kappa shape index (κ2) is 9.98. The summed E-state index contributed by atoms with van der Waals surface area (Å²) in [4.78, 5) is 24.7. The molecule has 1 atom stereocenters. The lowest BCUT2D eigenvalue weighted by Gasteiger charge is -2.17. The minimum atomic E-state index is -0.913. The Morgan fingerprint density at radius 2 is 1.78 bits per heavy atom. The molecule has 2 rings (SSSR count). The van der Waals surface area contributed by atoms with Gasteiger partial charge in [-0.25, -0.2) is 4.79 Å². The highest BCUT2D eigenvalue weighted by atomic mass is 35.5. The molecule has 140 valence electrons. The van der Waals surface area contributed by atoms with Crippen LogP contribution in [0.25, 0.3) is 0 Å². The number of carbonyl (C=O) groups excluding carboxylic acids is 2. The van der Waals surface area contributed by atoms with Gasteiger partial charge in [0.25, 0.3) is 5.91 Å². The van der Waals surface area contributed by atoms with E-state index in [1.165, 1.54) is 7.11 Å². The Hall–Kier alpha value is -2.52. The zero-order chi connectivity index (χ0) is 19.8. The lowest BCUT2D eigenvalue weighted by atomic mass is 10.0. The Morgan fingerprint density at radius 3 is 2.33 bits per heavy atom. The van der Waals surface area contributed by atoms with Gasteiger partial charge < -0.3 is 15.2 Å². The molecule has 0 aliphatic rings. The van der Waals surface area contributed by atoms with Crippen LogP contribution in [0, 0.1) is 11.8 Å². The van der Waals surface area contributed by atoms with E-state index in [-0.39, 0.29) is 28.6 Å². The Labute approximate surface area is 167 Å². The van der Waals surface area contributed by atoms with Gasteiger partial charge >= 0.3 is 5.97 Å². The number of nitrogens with one attached hydrogen (secondary N) is 1. The van der Waals surface area contributed by atoms with Gasteiger partial charge in [0.1, 0.15) is 12.6 Å². The van der Waals surface area contributed by atoms with Gasteiger partial charge in [0.05, 0.1) is 22.7 Å². The molecule has 2 N–H and O–H groups in total. The molecular weight excluding hydrogens is 389 g/mol. The first-order chi connectivity index (χ1) is 13.0. The summed E-state index contributed by atoms with van der Waals surface area (Å²) in [6, 6.07) is 10.9. The van der Waals surface area contributed by atoms with Gasteiger partial charge in [-0.3, -0.25) is 4.79 Å². The molecular formula is C20H17Cl2NO4. The Balaban J connectivity index is 2.18. The van der Waals surface area contributed by atoms with E-state index in [9.17, 15) is 9.59 Å². The van der Waals surface area contributed by atoms with Crippen molar-refractivity contribution in [2.24, 2.45) is 0 Å². The van der Waals surface area contributed by atoms with E-state index in [2.05, 4.69) is 17.2 Å². The average Bonchev–Trinajstić information content (AvgIpc) is 2.66. The first kappa shape index (κ1) is 20.8. The van der Waals surface area contributed by atoms with Crippen molar-refractivity contribution in [2.45, 2.75) is 12.5 Å². The first-order valence-electron chi connectivity index (χ1n) is 7.97. The fraction of sp³-hybridized carbons (Fsp3) is 0.200. The minimum absolute atomic E-state index is 0.101. The number of esters is 1. The van der Waals surface area contributed by atoms with Crippen molar-refractivity contribution in [3.8, 4) is 11.8 Å². The van der Waals surface area contributed by atoms with Gasteiger partial charge in [-0.05, 0) is 29.8 Å². The number of aliphatic hydroxyl groups is 1. The van der Waals surface area contributed by atoms with Crippen LogP contribution in [0.15, 0.2) is 42.5 Å². The third kappa shape index (κ3) is 5.73. The predicted octanol–water partition coefficient (Wildman–Crippen LogP) is 2.85. The maximum Gasteiger partial charge on any atom is 0.328 e. The first-order valence-corrected chi connectivity index (χ1v) is 8.73. The van der Waals surface area contributed by atoms with Crippen LogP contribution in [-0.2, 0) is 16.0 Å². The van der Waals surface area contributed by atoms with Crippen molar-refractivity contribution in [1.82, 2.24) is 5.32 Å². The number of carbonyl (C=O) groups is 2. The van der Waals surface area contributed by atoms with Gasteiger partial charge in [0.2, 0.25) is 0 Å². The molecule has 0 unspecified atom stereocenters. The largest absolute Gasteiger partial charge is 0.467 e. The molecule has 5 nitrogen and oxygen atoms in total. The second-order valence-electron chi connectivity index (χ2n) is 5.51. The summed E-state index contributed by atoms with van der Waals surface area (Å²) in [5, 5.41) is 11.7. The maximum atomic E-state index is 12.5. The molecule has 2 aromatic carbocycles. The van der Waals surface area contributed by atoms with Crippen molar-refractivity contribution >= 4 is 35.1 Å². The third-order valence-corrected chi connectivity index (χ3v) is 4.32. The van der Waals surface area contributed by atoms with Gasteiger partial charge in [-0.2, -0.15) is 0 Å². The third-order valence-electron chi connectivity index (χ3n) is 3.69. The number of halogens is 2. The molecule has 0 radical (unpaired) electrons. The molecule has 0 saturated heterocycles. The molecule has 1 amide bonds. The predicted molar refractivity (Wildman–Crippen MR) is 104 cm³/mol. The number of rotatable bonds is 5. The van der Waals surface area contributed by atoms with Crippen molar-refractivity contribution in [2.75, 3.05) is 13.7 Å². The molecule has 2 aromatic rings. The summed E-state index contributed by atoms with van der Waals surface area (Å²) in [6.07, 6.45) is 0.216.